The highest BCUT2D eigenvalue weighted by Crippen LogP contribution is 2.28. The highest BCUT2D eigenvalue weighted by atomic mass is 79.9. The van der Waals surface area contributed by atoms with E-state index in [1.807, 2.05) is 18.2 Å². The zero-order chi connectivity index (χ0) is 14.7. The first-order valence-corrected chi connectivity index (χ1v) is 7.55. The van der Waals surface area contributed by atoms with E-state index >= 15 is 0 Å². The van der Waals surface area contributed by atoms with Crippen LogP contribution < -0.4 is 5.32 Å². The molecule has 7 heteroatoms. The van der Waals surface area contributed by atoms with Gasteiger partial charge >= 0.3 is 0 Å². The van der Waals surface area contributed by atoms with Crippen molar-refractivity contribution in [3.8, 4) is 0 Å². The summed E-state index contributed by atoms with van der Waals surface area (Å²) >= 11 is 12.7. The molecule has 0 aromatic heterocycles. The lowest BCUT2D eigenvalue weighted by molar-refractivity contribution is -0.385. The lowest BCUT2D eigenvalue weighted by atomic mass is 10.2. The predicted octanol–water partition coefficient (Wildman–Crippen LogP) is 5.39. The molecule has 0 aliphatic rings. The largest absolute Gasteiger partial charge is 0.381 e. The summed E-state index contributed by atoms with van der Waals surface area (Å²) in [4.78, 5) is 10.3. The van der Waals surface area contributed by atoms with Gasteiger partial charge in [-0.25, -0.2) is 0 Å². The first-order chi connectivity index (χ1) is 9.47. The van der Waals surface area contributed by atoms with Gasteiger partial charge in [0.2, 0.25) is 0 Å². The third-order valence-corrected chi connectivity index (χ3v) is 4.13. The summed E-state index contributed by atoms with van der Waals surface area (Å²) in [6.07, 6.45) is 0. The van der Waals surface area contributed by atoms with Crippen LogP contribution in [0.4, 0.5) is 11.4 Å². The van der Waals surface area contributed by atoms with Crippen LogP contribution in [0.25, 0.3) is 0 Å². The van der Waals surface area contributed by atoms with E-state index in [1.54, 1.807) is 12.1 Å². The summed E-state index contributed by atoms with van der Waals surface area (Å²) in [5.41, 5.74) is 1.75. The van der Waals surface area contributed by atoms with Crippen LogP contribution in [0.3, 0.4) is 0 Å². The lowest BCUT2D eigenvalue weighted by Crippen LogP contribution is -2.00. The van der Waals surface area contributed by atoms with Crippen molar-refractivity contribution in [2.24, 2.45) is 0 Å². The second-order valence-corrected chi connectivity index (χ2v) is 6.19. The number of rotatable bonds is 4. The molecule has 2 rings (SSSR count). The van der Waals surface area contributed by atoms with Crippen molar-refractivity contribution >= 4 is 54.8 Å². The average Bonchev–Trinajstić information content (AvgIpc) is 2.39. The zero-order valence-corrected chi connectivity index (χ0v) is 14.0. The molecule has 0 radical (unpaired) electrons. The van der Waals surface area contributed by atoms with E-state index in [4.69, 9.17) is 11.6 Å². The maximum absolute atomic E-state index is 10.7. The molecule has 0 fully saturated rings. The SMILES string of the molecule is O=[N+]([O-])c1ccc(NCc2cc(Br)ccc2Cl)cc1Br. The van der Waals surface area contributed by atoms with E-state index in [0.29, 0.717) is 16.0 Å². The summed E-state index contributed by atoms with van der Waals surface area (Å²) in [7, 11) is 0. The summed E-state index contributed by atoms with van der Waals surface area (Å²) in [6, 6.07) is 10.4. The lowest BCUT2D eigenvalue weighted by Gasteiger charge is -2.09. The molecule has 0 heterocycles. The molecule has 0 atom stereocenters. The molecule has 0 amide bonds. The molecular weight excluding hydrogens is 411 g/mol. The Morgan fingerprint density at radius 1 is 1.20 bits per heavy atom. The fourth-order valence-electron chi connectivity index (χ4n) is 1.64. The number of nitro groups is 1. The number of nitro benzene ring substituents is 1. The molecule has 0 saturated heterocycles. The third-order valence-electron chi connectivity index (χ3n) is 2.64. The van der Waals surface area contributed by atoms with Gasteiger partial charge < -0.3 is 5.32 Å². The maximum atomic E-state index is 10.7. The van der Waals surface area contributed by atoms with Crippen molar-refractivity contribution in [3.05, 3.63) is 66.0 Å². The fourth-order valence-corrected chi connectivity index (χ4v) is 2.76. The van der Waals surface area contributed by atoms with Gasteiger partial charge in [0.05, 0.1) is 9.40 Å². The molecule has 2 aromatic carbocycles. The van der Waals surface area contributed by atoms with Gasteiger partial charge in [-0.05, 0) is 51.8 Å². The number of hydrogen-bond donors (Lipinski definition) is 1. The highest BCUT2D eigenvalue weighted by molar-refractivity contribution is 9.10. The molecule has 0 bridgehead atoms. The monoisotopic (exact) mass is 418 g/mol. The summed E-state index contributed by atoms with van der Waals surface area (Å²) < 4.78 is 1.39. The topological polar surface area (TPSA) is 55.2 Å². The molecule has 0 saturated carbocycles. The van der Waals surface area contributed by atoms with Crippen molar-refractivity contribution < 1.29 is 4.92 Å². The Bertz CT molecular complexity index is 665. The van der Waals surface area contributed by atoms with Crippen molar-refractivity contribution in [1.82, 2.24) is 0 Å². The number of anilines is 1. The Morgan fingerprint density at radius 3 is 2.60 bits per heavy atom. The maximum Gasteiger partial charge on any atom is 0.283 e. The number of halogens is 3. The smallest absolute Gasteiger partial charge is 0.283 e. The number of nitrogens with zero attached hydrogens (tertiary/aromatic N) is 1. The van der Waals surface area contributed by atoms with Crippen LogP contribution in [-0.4, -0.2) is 4.92 Å². The van der Waals surface area contributed by atoms with Gasteiger partial charge in [-0.2, -0.15) is 0 Å². The molecule has 4 nitrogen and oxygen atoms in total. The quantitative estimate of drug-likeness (QED) is 0.533. The molecule has 20 heavy (non-hydrogen) atoms. The minimum absolute atomic E-state index is 0.0380. The Balaban J connectivity index is 2.13. The normalized spacial score (nSPS) is 10.3. The molecule has 104 valence electrons. The minimum Gasteiger partial charge on any atom is -0.381 e. The minimum atomic E-state index is -0.432. The van der Waals surface area contributed by atoms with Gasteiger partial charge in [-0.3, -0.25) is 10.1 Å². The van der Waals surface area contributed by atoms with Crippen molar-refractivity contribution in [3.63, 3.8) is 0 Å². The Kier molecular flexibility index (Phi) is 5.01. The molecule has 0 aliphatic heterocycles. The highest BCUT2D eigenvalue weighted by Gasteiger charge is 2.11. The molecule has 2 aromatic rings. The van der Waals surface area contributed by atoms with E-state index < -0.39 is 4.92 Å². The molecule has 0 unspecified atom stereocenters. The molecule has 0 aliphatic carbocycles. The van der Waals surface area contributed by atoms with Crippen molar-refractivity contribution in [1.29, 1.82) is 0 Å². The van der Waals surface area contributed by atoms with Crippen LogP contribution >= 0.6 is 43.5 Å². The Labute approximate surface area is 137 Å². The summed E-state index contributed by atoms with van der Waals surface area (Å²) in [5, 5.41) is 14.6. The van der Waals surface area contributed by atoms with Crippen molar-refractivity contribution in [2.75, 3.05) is 5.32 Å². The Hall–Kier alpha value is -1.11. The fraction of sp³-hybridized carbons (Fsp3) is 0.0769. The van der Waals surface area contributed by atoms with Gasteiger partial charge in [-0.1, -0.05) is 27.5 Å². The second kappa shape index (κ2) is 6.56. The predicted molar refractivity (Wildman–Crippen MR) is 87.3 cm³/mol. The van der Waals surface area contributed by atoms with Crippen LogP contribution in [0.15, 0.2) is 45.3 Å². The standard InChI is InChI=1S/C13H9Br2ClN2O2/c14-9-1-3-12(16)8(5-9)7-17-10-2-4-13(18(19)20)11(15)6-10/h1-6,17H,7H2. The van der Waals surface area contributed by atoms with E-state index in [1.165, 1.54) is 6.07 Å². The first-order valence-electron chi connectivity index (χ1n) is 5.59. The third kappa shape index (κ3) is 3.71. The van der Waals surface area contributed by atoms with Crippen LogP contribution in [0.5, 0.6) is 0 Å². The average molecular weight is 420 g/mol. The van der Waals surface area contributed by atoms with E-state index in [0.717, 1.165) is 15.7 Å². The molecular formula is C13H9Br2ClN2O2. The van der Waals surface area contributed by atoms with Crippen molar-refractivity contribution in [2.45, 2.75) is 6.54 Å². The van der Waals surface area contributed by atoms with Gasteiger partial charge in [0.15, 0.2) is 0 Å². The number of hydrogen-bond acceptors (Lipinski definition) is 3. The number of nitrogens with one attached hydrogen (secondary N) is 1. The van der Waals surface area contributed by atoms with Gasteiger partial charge in [0.1, 0.15) is 0 Å². The summed E-state index contributed by atoms with van der Waals surface area (Å²) in [5.74, 6) is 0. The molecule has 1 N–H and O–H groups in total. The first kappa shape index (κ1) is 15.3. The molecule has 0 spiro atoms. The second-order valence-electron chi connectivity index (χ2n) is 4.01. The van der Waals surface area contributed by atoms with Crippen LogP contribution in [0, 0.1) is 10.1 Å². The van der Waals surface area contributed by atoms with Gasteiger partial charge in [-0.15, -0.1) is 0 Å². The van der Waals surface area contributed by atoms with E-state index in [-0.39, 0.29) is 5.69 Å². The van der Waals surface area contributed by atoms with Crippen LogP contribution in [-0.2, 0) is 6.54 Å². The van der Waals surface area contributed by atoms with E-state index in [2.05, 4.69) is 37.2 Å². The Morgan fingerprint density at radius 2 is 1.95 bits per heavy atom. The van der Waals surface area contributed by atoms with Gasteiger partial charge in [0.25, 0.3) is 5.69 Å². The summed E-state index contributed by atoms with van der Waals surface area (Å²) in [6.45, 7) is 0.530. The van der Waals surface area contributed by atoms with Gasteiger partial charge in [0, 0.05) is 27.8 Å². The van der Waals surface area contributed by atoms with E-state index in [9.17, 15) is 10.1 Å². The van der Waals surface area contributed by atoms with Crippen LogP contribution in [0.2, 0.25) is 5.02 Å². The number of benzene rings is 2. The zero-order valence-electron chi connectivity index (χ0n) is 10.1. The van der Waals surface area contributed by atoms with Crippen LogP contribution in [0.1, 0.15) is 5.56 Å².